The van der Waals surface area contributed by atoms with Crippen LogP contribution in [0, 0.1) is 0 Å². The standard InChI is InChI=1S/C25H25N3O6S/c1-5-16-6-12-19(13-7-16)35(31,32)26-20-14-21-22(28(3)25(30)24(29)27(21)2)15-23(20)34-18-10-8-17(33-4)9-11-18/h6-15,26H,5H2,1-4H3. The van der Waals surface area contributed by atoms with Gasteiger partial charge in [-0.1, -0.05) is 19.1 Å². The zero-order chi connectivity index (χ0) is 25.3. The molecule has 4 rings (SSSR count). The van der Waals surface area contributed by atoms with Crippen LogP contribution in [0.2, 0.25) is 0 Å². The molecule has 0 aliphatic heterocycles. The fourth-order valence-corrected chi connectivity index (χ4v) is 4.70. The maximum Gasteiger partial charge on any atom is 0.316 e. The van der Waals surface area contributed by atoms with Crippen LogP contribution < -0.4 is 25.3 Å². The van der Waals surface area contributed by atoms with Crippen molar-refractivity contribution in [3.8, 4) is 17.2 Å². The van der Waals surface area contributed by atoms with Gasteiger partial charge in [0.2, 0.25) is 0 Å². The Morgan fingerprint density at radius 1 is 0.829 bits per heavy atom. The van der Waals surface area contributed by atoms with E-state index in [1.54, 1.807) is 43.5 Å². The molecule has 9 nitrogen and oxygen atoms in total. The molecule has 10 heteroatoms. The number of nitrogens with zero attached hydrogens (tertiary/aromatic N) is 2. The molecule has 35 heavy (non-hydrogen) atoms. The number of methoxy groups -OCH3 is 1. The zero-order valence-corrected chi connectivity index (χ0v) is 20.5. The molecule has 0 radical (unpaired) electrons. The second-order valence-corrected chi connectivity index (χ2v) is 9.63. The van der Waals surface area contributed by atoms with E-state index in [-0.39, 0.29) is 16.3 Å². The van der Waals surface area contributed by atoms with Crippen molar-refractivity contribution in [2.24, 2.45) is 14.1 Å². The van der Waals surface area contributed by atoms with E-state index in [2.05, 4.69) is 4.72 Å². The minimum atomic E-state index is -3.98. The van der Waals surface area contributed by atoms with Crippen LogP contribution in [0.1, 0.15) is 12.5 Å². The van der Waals surface area contributed by atoms with Gasteiger partial charge >= 0.3 is 11.1 Å². The average Bonchev–Trinajstić information content (AvgIpc) is 2.87. The second kappa shape index (κ2) is 9.30. The Morgan fingerprint density at radius 3 is 1.91 bits per heavy atom. The molecule has 0 unspecified atom stereocenters. The topological polar surface area (TPSA) is 109 Å². The van der Waals surface area contributed by atoms with Crippen molar-refractivity contribution in [3.05, 3.63) is 86.9 Å². The third-order valence-electron chi connectivity index (χ3n) is 5.77. The maximum absolute atomic E-state index is 13.2. The number of fused-ring (bicyclic) bond motifs is 1. The van der Waals surface area contributed by atoms with E-state index in [9.17, 15) is 18.0 Å². The number of aromatic nitrogens is 2. The number of nitrogens with one attached hydrogen (secondary N) is 1. The summed E-state index contributed by atoms with van der Waals surface area (Å²) in [6, 6.07) is 16.3. The third kappa shape index (κ3) is 4.65. The first-order valence-corrected chi connectivity index (χ1v) is 12.3. The Morgan fingerprint density at radius 2 is 1.37 bits per heavy atom. The molecule has 0 saturated carbocycles. The van der Waals surface area contributed by atoms with Crippen molar-refractivity contribution in [2.75, 3.05) is 11.8 Å². The molecule has 0 fully saturated rings. The van der Waals surface area contributed by atoms with Crippen molar-refractivity contribution < 1.29 is 17.9 Å². The van der Waals surface area contributed by atoms with Gasteiger partial charge in [0.05, 0.1) is 28.7 Å². The highest BCUT2D eigenvalue weighted by Crippen LogP contribution is 2.35. The highest BCUT2D eigenvalue weighted by molar-refractivity contribution is 7.92. The van der Waals surface area contributed by atoms with Gasteiger partial charge < -0.3 is 18.6 Å². The molecule has 182 valence electrons. The lowest BCUT2D eigenvalue weighted by Gasteiger charge is -2.17. The third-order valence-corrected chi connectivity index (χ3v) is 7.15. The summed E-state index contributed by atoms with van der Waals surface area (Å²) < 4.78 is 42.5. The predicted octanol–water partition coefficient (Wildman–Crippen LogP) is 3.40. The molecule has 0 aliphatic rings. The molecule has 0 bridgehead atoms. The molecule has 0 saturated heterocycles. The van der Waals surface area contributed by atoms with Gasteiger partial charge in [-0.2, -0.15) is 0 Å². The first-order valence-electron chi connectivity index (χ1n) is 10.8. The lowest BCUT2D eigenvalue weighted by atomic mass is 10.2. The van der Waals surface area contributed by atoms with Crippen molar-refractivity contribution in [1.29, 1.82) is 0 Å². The number of sulfonamides is 1. The van der Waals surface area contributed by atoms with Crippen LogP contribution in [-0.4, -0.2) is 24.7 Å². The van der Waals surface area contributed by atoms with Crippen molar-refractivity contribution in [2.45, 2.75) is 18.2 Å². The molecule has 3 aromatic carbocycles. The SMILES string of the molecule is CCc1ccc(S(=O)(=O)Nc2cc3c(cc2Oc2ccc(OC)cc2)n(C)c(=O)c(=O)n3C)cc1. The Bertz CT molecular complexity index is 1620. The summed E-state index contributed by atoms with van der Waals surface area (Å²) in [5.74, 6) is 1.21. The number of hydrogen-bond donors (Lipinski definition) is 1. The molecular weight excluding hydrogens is 470 g/mol. The molecule has 1 N–H and O–H groups in total. The van der Waals surface area contributed by atoms with Crippen molar-refractivity contribution in [3.63, 3.8) is 0 Å². The molecule has 0 atom stereocenters. The van der Waals surface area contributed by atoms with E-state index < -0.39 is 21.1 Å². The van der Waals surface area contributed by atoms with E-state index in [0.29, 0.717) is 22.5 Å². The van der Waals surface area contributed by atoms with E-state index in [4.69, 9.17) is 9.47 Å². The summed E-state index contributed by atoms with van der Waals surface area (Å²) >= 11 is 0. The highest BCUT2D eigenvalue weighted by Gasteiger charge is 2.20. The van der Waals surface area contributed by atoms with Crippen LogP contribution >= 0.6 is 0 Å². The Balaban J connectivity index is 1.87. The normalized spacial score (nSPS) is 11.4. The summed E-state index contributed by atoms with van der Waals surface area (Å²) in [5.41, 5.74) is 0.442. The first kappa shape index (κ1) is 24.1. The van der Waals surface area contributed by atoms with Gasteiger partial charge in [0, 0.05) is 20.2 Å². The molecule has 1 heterocycles. The lowest BCUT2D eigenvalue weighted by molar-refractivity contribution is 0.413. The van der Waals surface area contributed by atoms with Gasteiger partial charge in [0.25, 0.3) is 10.0 Å². The van der Waals surface area contributed by atoms with E-state index in [1.807, 2.05) is 6.92 Å². The fraction of sp³-hybridized carbons (Fsp3) is 0.200. The molecule has 4 aromatic rings. The number of anilines is 1. The van der Waals surface area contributed by atoms with E-state index in [1.165, 1.54) is 47.5 Å². The van der Waals surface area contributed by atoms with Crippen molar-refractivity contribution in [1.82, 2.24) is 9.13 Å². The Labute approximate surface area is 202 Å². The number of rotatable bonds is 7. The summed E-state index contributed by atoms with van der Waals surface area (Å²) in [6.45, 7) is 1.98. The maximum atomic E-state index is 13.2. The van der Waals surface area contributed by atoms with Gasteiger partial charge in [-0.3, -0.25) is 14.3 Å². The summed E-state index contributed by atoms with van der Waals surface area (Å²) in [6.07, 6.45) is 0.783. The minimum Gasteiger partial charge on any atom is -0.497 e. The van der Waals surface area contributed by atoms with Crippen LogP contribution in [0.5, 0.6) is 17.2 Å². The molecular formula is C25H25N3O6S. The number of aryl methyl sites for hydroxylation is 3. The Hall–Kier alpha value is -4.05. The lowest BCUT2D eigenvalue weighted by Crippen LogP contribution is -2.39. The van der Waals surface area contributed by atoms with Crippen molar-refractivity contribution >= 4 is 26.7 Å². The molecule has 1 aromatic heterocycles. The predicted molar refractivity (Wildman–Crippen MR) is 134 cm³/mol. The van der Waals surface area contributed by atoms with Gasteiger partial charge in [0.15, 0.2) is 5.75 Å². The van der Waals surface area contributed by atoms with Crippen LogP contribution in [-0.2, 0) is 30.5 Å². The van der Waals surface area contributed by atoms with Gasteiger partial charge in [-0.15, -0.1) is 0 Å². The van der Waals surface area contributed by atoms with Crippen LogP contribution in [0.4, 0.5) is 5.69 Å². The largest absolute Gasteiger partial charge is 0.497 e. The average molecular weight is 496 g/mol. The monoisotopic (exact) mass is 495 g/mol. The van der Waals surface area contributed by atoms with Crippen LogP contribution in [0.3, 0.4) is 0 Å². The fourth-order valence-electron chi connectivity index (χ4n) is 3.64. The zero-order valence-electron chi connectivity index (χ0n) is 19.7. The highest BCUT2D eigenvalue weighted by atomic mass is 32.2. The van der Waals surface area contributed by atoms with Gasteiger partial charge in [-0.25, -0.2) is 8.42 Å². The molecule has 0 spiro atoms. The van der Waals surface area contributed by atoms with E-state index in [0.717, 1.165) is 12.0 Å². The summed E-state index contributed by atoms with van der Waals surface area (Å²) in [7, 11) is 0.497. The number of benzene rings is 3. The molecule has 0 amide bonds. The smallest absolute Gasteiger partial charge is 0.316 e. The van der Waals surface area contributed by atoms with E-state index >= 15 is 0 Å². The summed E-state index contributed by atoms with van der Waals surface area (Å²) in [4.78, 5) is 24.8. The quantitative estimate of drug-likeness (QED) is 0.394. The minimum absolute atomic E-state index is 0.0829. The van der Waals surface area contributed by atoms with Crippen LogP contribution in [0.15, 0.2) is 75.1 Å². The molecule has 0 aliphatic carbocycles. The summed E-state index contributed by atoms with van der Waals surface area (Å²) in [5, 5.41) is 0. The van der Waals surface area contributed by atoms with Crippen LogP contribution in [0.25, 0.3) is 11.0 Å². The number of hydrogen-bond acceptors (Lipinski definition) is 6. The number of ether oxygens (including phenoxy) is 2. The van der Waals surface area contributed by atoms with Gasteiger partial charge in [0.1, 0.15) is 11.5 Å². The van der Waals surface area contributed by atoms with Gasteiger partial charge in [-0.05, 0) is 54.4 Å². The second-order valence-electron chi connectivity index (χ2n) is 7.95. The Kier molecular flexibility index (Phi) is 6.40. The first-order chi connectivity index (χ1) is 16.6.